The molecule has 0 radical (unpaired) electrons. The number of aromatic hydroxyl groups is 1. The summed E-state index contributed by atoms with van der Waals surface area (Å²) in [6, 6.07) is 1.73. The minimum Gasteiger partial charge on any atom is -0.508 e. The largest absolute Gasteiger partial charge is 0.508 e. The Morgan fingerprint density at radius 1 is 0.909 bits per heavy atom. The molecule has 1 aromatic carbocycles. The summed E-state index contributed by atoms with van der Waals surface area (Å²) in [5, 5.41) is 20.1. The van der Waals surface area contributed by atoms with Crippen LogP contribution in [0.15, 0.2) is 24.3 Å². The smallest absolute Gasteiger partial charge is 0.247 e. The van der Waals surface area contributed by atoms with Crippen LogP contribution in [0.5, 0.6) is 5.75 Å². The number of carbonyl (C=O) groups excluding carboxylic acids is 6. The van der Waals surface area contributed by atoms with Crippen molar-refractivity contribution in [3.63, 3.8) is 0 Å². The summed E-state index contributed by atoms with van der Waals surface area (Å²) in [4.78, 5) is 78.1. The summed E-state index contributed by atoms with van der Waals surface area (Å²) in [5.41, 5.74) is 17.2. The van der Waals surface area contributed by atoms with Crippen LogP contribution in [0.2, 0.25) is 0 Å². The Labute approximate surface area is 257 Å². The first-order valence-electron chi connectivity index (χ1n) is 14.7. The highest BCUT2D eigenvalue weighted by Crippen LogP contribution is 2.20. The second-order valence-corrected chi connectivity index (χ2v) is 11.6. The number of nitrogens with two attached hydrogens (primary N) is 3. The molecule has 1 aromatic rings. The van der Waals surface area contributed by atoms with Gasteiger partial charge in [0, 0.05) is 13.0 Å². The molecule has 5 unspecified atom stereocenters. The number of benzene rings is 1. The van der Waals surface area contributed by atoms with Crippen molar-refractivity contribution in [2.24, 2.45) is 29.0 Å². The van der Waals surface area contributed by atoms with Crippen molar-refractivity contribution in [1.82, 2.24) is 26.2 Å². The number of phenolic OH excluding ortho intramolecular Hbond substituents is 1. The highest BCUT2D eigenvalue weighted by atomic mass is 16.3. The molecule has 2 rings (SSSR count). The summed E-state index contributed by atoms with van der Waals surface area (Å²) in [6.07, 6.45) is -0.270. The minimum absolute atomic E-state index is 0.00562. The number of carbonyl (C=O) groups is 6. The molecule has 1 aliphatic heterocycles. The van der Waals surface area contributed by atoms with Crippen molar-refractivity contribution in [3.8, 4) is 5.75 Å². The fraction of sp³-hybridized carbons (Fsp3) is 0.586. The third kappa shape index (κ3) is 10.5. The summed E-state index contributed by atoms with van der Waals surface area (Å²) in [7, 11) is 0. The highest BCUT2D eigenvalue weighted by Gasteiger charge is 2.38. The number of rotatable bonds is 15. The average Bonchev–Trinajstić information content (AvgIpc) is 3.42. The average molecular weight is 619 g/mol. The molecule has 0 saturated carbocycles. The van der Waals surface area contributed by atoms with Crippen molar-refractivity contribution in [2.75, 3.05) is 13.1 Å². The standard InChI is InChI=1S/C29H46N8O7/c1-15(2)24(32)28(43)36-25(16(3)4)29(44)37-11-5-6-22(37)35-27(42)19(12-17-7-9-18(38)10-8-17)34-26(41)20(13-21(31)39)33-23(40)14-30/h7-10,15-16,19-20,22,24-25,38H,5-6,11-14,30,32H2,1-4H3,(H2,31,39)(H,33,40)(H,34,41)(H,35,42)(H,36,43). The molecule has 44 heavy (non-hydrogen) atoms. The second-order valence-electron chi connectivity index (χ2n) is 11.6. The van der Waals surface area contributed by atoms with Crippen LogP contribution in [0.3, 0.4) is 0 Å². The fourth-order valence-electron chi connectivity index (χ4n) is 4.70. The monoisotopic (exact) mass is 618 g/mol. The lowest BCUT2D eigenvalue weighted by Gasteiger charge is -2.33. The van der Waals surface area contributed by atoms with Gasteiger partial charge >= 0.3 is 0 Å². The van der Waals surface area contributed by atoms with Gasteiger partial charge in [-0.1, -0.05) is 39.8 Å². The Bertz CT molecular complexity index is 1190. The first-order chi connectivity index (χ1) is 20.6. The van der Waals surface area contributed by atoms with Gasteiger partial charge in [0.1, 0.15) is 30.0 Å². The molecule has 0 bridgehead atoms. The molecular weight excluding hydrogens is 572 g/mol. The number of nitrogens with one attached hydrogen (secondary N) is 4. The van der Waals surface area contributed by atoms with E-state index in [1.165, 1.54) is 17.0 Å². The van der Waals surface area contributed by atoms with Gasteiger partial charge in [0.05, 0.1) is 19.0 Å². The van der Waals surface area contributed by atoms with Crippen molar-refractivity contribution >= 4 is 35.4 Å². The zero-order valence-corrected chi connectivity index (χ0v) is 25.7. The maximum absolute atomic E-state index is 13.6. The SMILES string of the molecule is CC(C)C(N)C(=O)NC(C(=O)N1CCCC1NC(=O)C(Cc1ccc(O)cc1)NC(=O)C(CC(N)=O)NC(=O)CN)C(C)C. The Morgan fingerprint density at radius 2 is 1.55 bits per heavy atom. The first-order valence-corrected chi connectivity index (χ1v) is 14.7. The zero-order valence-electron chi connectivity index (χ0n) is 25.7. The van der Waals surface area contributed by atoms with Gasteiger partial charge in [-0.05, 0) is 42.4 Å². The van der Waals surface area contributed by atoms with Gasteiger partial charge in [-0.15, -0.1) is 0 Å². The van der Waals surface area contributed by atoms with E-state index in [9.17, 15) is 33.9 Å². The van der Waals surface area contributed by atoms with Crippen LogP contribution in [0.4, 0.5) is 0 Å². The van der Waals surface area contributed by atoms with Crippen LogP contribution >= 0.6 is 0 Å². The van der Waals surface area contributed by atoms with Crippen molar-refractivity contribution in [2.45, 2.75) is 83.7 Å². The summed E-state index contributed by atoms with van der Waals surface area (Å²) in [6.45, 7) is 7.09. The van der Waals surface area contributed by atoms with Gasteiger partial charge in [0.2, 0.25) is 35.4 Å². The molecule has 11 N–H and O–H groups in total. The van der Waals surface area contributed by atoms with Crippen LogP contribution < -0.4 is 38.5 Å². The van der Waals surface area contributed by atoms with Crippen LogP contribution in [0.1, 0.15) is 52.5 Å². The molecule has 1 aliphatic rings. The van der Waals surface area contributed by atoms with Crippen LogP contribution in [0, 0.1) is 11.8 Å². The van der Waals surface area contributed by atoms with Crippen LogP contribution in [-0.4, -0.2) is 88.9 Å². The van der Waals surface area contributed by atoms with E-state index in [2.05, 4.69) is 21.3 Å². The molecular formula is C29H46N8O7. The summed E-state index contributed by atoms with van der Waals surface area (Å²) in [5.74, 6) is -4.26. The van der Waals surface area contributed by atoms with Gasteiger partial charge in [0.25, 0.3) is 0 Å². The van der Waals surface area contributed by atoms with E-state index >= 15 is 0 Å². The van der Waals surface area contributed by atoms with Crippen molar-refractivity contribution in [1.29, 1.82) is 0 Å². The Balaban J connectivity index is 2.28. The van der Waals surface area contributed by atoms with Gasteiger partial charge in [-0.25, -0.2) is 0 Å². The number of hydrogen-bond donors (Lipinski definition) is 8. The van der Waals surface area contributed by atoms with E-state index in [-0.39, 0.29) is 29.9 Å². The molecule has 5 atom stereocenters. The topological polar surface area (TPSA) is 252 Å². The predicted octanol–water partition coefficient (Wildman–Crippen LogP) is -2.07. The molecule has 15 heteroatoms. The third-order valence-electron chi connectivity index (χ3n) is 7.35. The molecule has 0 spiro atoms. The molecule has 1 heterocycles. The Morgan fingerprint density at radius 3 is 2.09 bits per heavy atom. The summed E-state index contributed by atoms with van der Waals surface area (Å²) < 4.78 is 0. The van der Waals surface area contributed by atoms with Crippen LogP contribution in [0.25, 0.3) is 0 Å². The molecule has 0 aliphatic carbocycles. The van der Waals surface area contributed by atoms with Gasteiger partial charge < -0.3 is 48.5 Å². The minimum atomic E-state index is -1.38. The third-order valence-corrected chi connectivity index (χ3v) is 7.35. The predicted molar refractivity (Wildman–Crippen MR) is 161 cm³/mol. The van der Waals surface area contributed by atoms with E-state index in [4.69, 9.17) is 17.2 Å². The molecule has 15 nitrogen and oxygen atoms in total. The fourth-order valence-corrected chi connectivity index (χ4v) is 4.70. The van der Waals surface area contributed by atoms with Gasteiger partial charge in [-0.3, -0.25) is 28.8 Å². The lowest BCUT2D eigenvalue weighted by molar-refractivity contribution is -0.140. The normalized spacial score (nSPS) is 17.4. The highest BCUT2D eigenvalue weighted by molar-refractivity contribution is 5.95. The number of hydrogen-bond acceptors (Lipinski definition) is 9. The lowest BCUT2D eigenvalue weighted by atomic mass is 10.00. The number of likely N-dealkylation sites (tertiary alicyclic amines) is 1. The Kier molecular flexibility index (Phi) is 13.5. The molecule has 6 amide bonds. The van der Waals surface area contributed by atoms with Crippen molar-refractivity contribution in [3.05, 3.63) is 29.8 Å². The maximum Gasteiger partial charge on any atom is 0.247 e. The summed E-state index contributed by atoms with van der Waals surface area (Å²) >= 11 is 0. The number of nitrogens with zero attached hydrogens (tertiary/aromatic N) is 1. The second kappa shape index (κ2) is 16.6. The van der Waals surface area contributed by atoms with E-state index in [0.29, 0.717) is 24.9 Å². The maximum atomic E-state index is 13.6. The van der Waals surface area contributed by atoms with Gasteiger partial charge in [0.15, 0.2) is 0 Å². The molecule has 0 aromatic heterocycles. The van der Waals surface area contributed by atoms with E-state index in [1.54, 1.807) is 39.8 Å². The van der Waals surface area contributed by atoms with E-state index in [1.807, 2.05) is 0 Å². The number of primary amides is 1. The van der Waals surface area contributed by atoms with Gasteiger partial charge in [-0.2, -0.15) is 0 Å². The molecule has 244 valence electrons. The molecule has 1 fully saturated rings. The van der Waals surface area contributed by atoms with Crippen molar-refractivity contribution < 1.29 is 33.9 Å². The quantitative estimate of drug-likeness (QED) is 0.107. The first kappa shape index (κ1) is 36.0. The number of amides is 6. The van der Waals surface area contributed by atoms with E-state index < -0.39 is 72.8 Å². The molecule has 1 saturated heterocycles. The van der Waals surface area contributed by atoms with Crippen LogP contribution in [-0.2, 0) is 35.2 Å². The lowest BCUT2D eigenvalue weighted by Crippen LogP contribution is -2.60. The Hall–Kier alpha value is -4.24. The number of phenols is 1. The van der Waals surface area contributed by atoms with E-state index in [0.717, 1.165) is 0 Å². The zero-order chi connectivity index (χ0) is 33.1.